The average molecular weight is 248 g/mol. The Morgan fingerprint density at radius 2 is 1.94 bits per heavy atom. The molecule has 0 saturated heterocycles. The Morgan fingerprint density at radius 3 is 2.56 bits per heavy atom. The molecule has 3 heteroatoms. The van der Waals surface area contributed by atoms with E-state index in [0.717, 1.165) is 32.2 Å². The van der Waals surface area contributed by atoms with Crippen molar-refractivity contribution in [2.75, 3.05) is 26.8 Å². The van der Waals surface area contributed by atoms with Crippen molar-refractivity contribution in [1.29, 1.82) is 0 Å². The van der Waals surface area contributed by atoms with Crippen LogP contribution in [0.2, 0.25) is 0 Å². The van der Waals surface area contributed by atoms with Crippen LogP contribution in [0, 0.1) is 0 Å². The third-order valence-electron chi connectivity index (χ3n) is 3.65. The van der Waals surface area contributed by atoms with E-state index in [0.29, 0.717) is 6.54 Å². The molecule has 0 radical (unpaired) electrons. The Balaban J connectivity index is 1.88. The van der Waals surface area contributed by atoms with E-state index in [1.807, 2.05) is 0 Å². The van der Waals surface area contributed by atoms with E-state index in [1.165, 1.54) is 24.0 Å². The lowest BCUT2D eigenvalue weighted by molar-refractivity contribution is 0.144. The third-order valence-corrected chi connectivity index (χ3v) is 3.65. The van der Waals surface area contributed by atoms with Crippen LogP contribution in [0.3, 0.4) is 0 Å². The van der Waals surface area contributed by atoms with Crippen molar-refractivity contribution in [3.8, 4) is 0 Å². The molecule has 1 aromatic rings. The summed E-state index contributed by atoms with van der Waals surface area (Å²) in [6.45, 7) is 3.63. The molecular formula is C15H24N2O. The van der Waals surface area contributed by atoms with Gasteiger partial charge in [0.25, 0.3) is 0 Å². The highest BCUT2D eigenvalue weighted by molar-refractivity contribution is 5.27. The highest BCUT2D eigenvalue weighted by Gasteiger charge is 2.28. The van der Waals surface area contributed by atoms with Gasteiger partial charge >= 0.3 is 0 Å². The van der Waals surface area contributed by atoms with E-state index >= 15 is 0 Å². The SMILES string of the molecule is COCCN(CCc1ccccc1CN)C1CC1. The van der Waals surface area contributed by atoms with Crippen molar-refractivity contribution in [3.63, 3.8) is 0 Å². The number of benzene rings is 1. The van der Waals surface area contributed by atoms with Crippen molar-refractivity contribution in [3.05, 3.63) is 35.4 Å². The molecule has 1 aromatic carbocycles. The number of nitrogens with two attached hydrogens (primary N) is 1. The Morgan fingerprint density at radius 1 is 1.22 bits per heavy atom. The highest BCUT2D eigenvalue weighted by atomic mass is 16.5. The van der Waals surface area contributed by atoms with Gasteiger partial charge in [0.1, 0.15) is 0 Å². The summed E-state index contributed by atoms with van der Waals surface area (Å²) in [5.74, 6) is 0. The summed E-state index contributed by atoms with van der Waals surface area (Å²) in [6, 6.07) is 9.29. The molecule has 18 heavy (non-hydrogen) atoms. The fourth-order valence-corrected chi connectivity index (χ4v) is 2.39. The summed E-state index contributed by atoms with van der Waals surface area (Å²) < 4.78 is 5.19. The van der Waals surface area contributed by atoms with Crippen molar-refractivity contribution in [1.82, 2.24) is 4.90 Å². The molecule has 2 rings (SSSR count). The number of ether oxygens (including phenoxy) is 1. The minimum atomic E-state index is 0.637. The Kier molecular flexibility index (Phi) is 5.17. The van der Waals surface area contributed by atoms with E-state index in [-0.39, 0.29) is 0 Å². The van der Waals surface area contributed by atoms with Crippen LogP contribution in [0.5, 0.6) is 0 Å². The average Bonchev–Trinajstić information content (AvgIpc) is 3.24. The Bertz CT molecular complexity index is 363. The summed E-state index contributed by atoms with van der Waals surface area (Å²) in [5.41, 5.74) is 8.45. The maximum atomic E-state index is 5.78. The molecule has 0 atom stereocenters. The van der Waals surface area contributed by atoms with E-state index in [9.17, 15) is 0 Å². The van der Waals surface area contributed by atoms with E-state index in [2.05, 4.69) is 29.2 Å². The smallest absolute Gasteiger partial charge is 0.0589 e. The summed E-state index contributed by atoms with van der Waals surface area (Å²) >= 11 is 0. The molecule has 0 unspecified atom stereocenters. The van der Waals surface area contributed by atoms with Gasteiger partial charge in [0, 0.05) is 32.8 Å². The minimum absolute atomic E-state index is 0.637. The molecule has 0 aliphatic heterocycles. The minimum Gasteiger partial charge on any atom is -0.383 e. The summed E-state index contributed by atoms with van der Waals surface area (Å²) in [4.78, 5) is 2.55. The molecule has 100 valence electrons. The second kappa shape index (κ2) is 6.88. The third kappa shape index (κ3) is 3.80. The monoisotopic (exact) mass is 248 g/mol. The van der Waals surface area contributed by atoms with Gasteiger partial charge in [0.2, 0.25) is 0 Å². The Hall–Kier alpha value is -0.900. The van der Waals surface area contributed by atoms with E-state index in [4.69, 9.17) is 10.5 Å². The van der Waals surface area contributed by atoms with Crippen molar-refractivity contribution < 1.29 is 4.74 Å². The molecular weight excluding hydrogens is 224 g/mol. The lowest BCUT2D eigenvalue weighted by atomic mass is 10.0. The van der Waals surface area contributed by atoms with Gasteiger partial charge < -0.3 is 10.5 Å². The molecule has 1 aliphatic carbocycles. The first kappa shape index (κ1) is 13.5. The number of nitrogens with zero attached hydrogens (tertiary/aromatic N) is 1. The largest absolute Gasteiger partial charge is 0.383 e. The van der Waals surface area contributed by atoms with Crippen molar-refractivity contribution in [2.24, 2.45) is 5.73 Å². The van der Waals surface area contributed by atoms with Crippen LogP contribution < -0.4 is 5.73 Å². The van der Waals surface area contributed by atoms with Gasteiger partial charge in [0.15, 0.2) is 0 Å². The van der Waals surface area contributed by atoms with Crippen molar-refractivity contribution >= 4 is 0 Å². The van der Waals surface area contributed by atoms with Gasteiger partial charge in [0.05, 0.1) is 6.61 Å². The molecule has 2 N–H and O–H groups in total. The maximum Gasteiger partial charge on any atom is 0.0589 e. The maximum absolute atomic E-state index is 5.78. The number of methoxy groups -OCH3 is 1. The normalized spacial score (nSPS) is 15.3. The predicted molar refractivity (Wildman–Crippen MR) is 74.5 cm³/mol. The zero-order valence-electron chi connectivity index (χ0n) is 11.3. The molecule has 1 saturated carbocycles. The van der Waals surface area contributed by atoms with Crippen LogP contribution >= 0.6 is 0 Å². The van der Waals surface area contributed by atoms with Crippen LogP contribution in [0.1, 0.15) is 24.0 Å². The first-order valence-electron chi connectivity index (χ1n) is 6.85. The van der Waals surface area contributed by atoms with Crippen molar-refractivity contribution in [2.45, 2.75) is 31.8 Å². The van der Waals surface area contributed by atoms with Gasteiger partial charge in [-0.3, -0.25) is 4.90 Å². The molecule has 1 aliphatic rings. The first-order valence-corrected chi connectivity index (χ1v) is 6.85. The molecule has 0 bridgehead atoms. The van der Waals surface area contributed by atoms with Gasteiger partial charge in [-0.25, -0.2) is 0 Å². The Labute approximate surface area is 110 Å². The number of rotatable bonds is 8. The molecule has 0 heterocycles. The predicted octanol–water partition coefficient (Wildman–Crippen LogP) is 1.80. The van der Waals surface area contributed by atoms with Crippen LogP contribution in [0.25, 0.3) is 0 Å². The lowest BCUT2D eigenvalue weighted by Crippen LogP contribution is -2.31. The van der Waals surface area contributed by atoms with Crippen LogP contribution in [0.4, 0.5) is 0 Å². The molecule has 1 fully saturated rings. The first-order chi connectivity index (χ1) is 8.85. The second-order valence-electron chi connectivity index (χ2n) is 4.98. The van der Waals surface area contributed by atoms with Gasteiger partial charge in [-0.1, -0.05) is 24.3 Å². The van der Waals surface area contributed by atoms with Crippen LogP contribution in [-0.2, 0) is 17.7 Å². The van der Waals surface area contributed by atoms with Crippen LogP contribution in [0.15, 0.2) is 24.3 Å². The fraction of sp³-hybridized carbons (Fsp3) is 0.600. The van der Waals surface area contributed by atoms with E-state index in [1.54, 1.807) is 7.11 Å². The zero-order chi connectivity index (χ0) is 12.8. The van der Waals surface area contributed by atoms with Gasteiger partial charge in [-0.2, -0.15) is 0 Å². The molecule has 0 aromatic heterocycles. The van der Waals surface area contributed by atoms with Gasteiger partial charge in [-0.05, 0) is 30.4 Å². The molecule has 0 spiro atoms. The summed E-state index contributed by atoms with van der Waals surface area (Å²) in [7, 11) is 1.77. The summed E-state index contributed by atoms with van der Waals surface area (Å²) in [6.07, 6.45) is 3.79. The number of hydrogen-bond acceptors (Lipinski definition) is 3. The van der Waals surface area contributed by atoms with E-state index < -0.39 is 0 Å². The highest BCUT2D eigenvalue weighted by Crippen LogP contribution is 2.26. The standard InChI is InChI=1S/C15H24N2O/c1-18-11-10-17(15-6-7-15)9-8-13-4-2-3-5-14(13)12-16/h2-5,15H,6-12,16H2,1H3. The molecule has 0 amide bonds. The lowest BCUT2D eigenvalue weighted by Gasteiger charge is -2.22. The molecule has 3 nitrogen and oxygen atoms in total. The quantitative estimate of drug-likeness (QED) is 0.762. The second-order valence-corrected chi connectivity index (χ2v) is 4.98. The summed E-state index contributed by atoms with van der Waals surface area (Å²) in [5, 5.41) is 0. The zero-order valence-corrected chi connectivity index (χ0v) is 11.3. The number of hydrogen-bond donors (Lipinski definition) is 1. The van der Waals surface area contributed by atoms with Crippen LogP contribution in [-0.4, -0.2) is 37.7 Å². The van der Waals surface area contributed by atoms with Gasteiger partial charge in [-0.15, -0.1) is 0 Å². The topological polar surface area (TPSA) is 38.5 Å². The fourth-order valence-electron chi connectivity index (χ4n) is 2.39.